The van der Waals surface area contributed by atoms with Crippen LogP contribution in [0.5, 0.6) is 5.75 Å². The Bertz CT molecular complexity index is 2740. The van der Waals surface area contributed by atoms with Gasteiger partial charge in [0.15, 0.2) is 9.84 Å². The third-order valence-electron chi connectivity index (χ3n) is 6.82. The van der Waals surface area contributed by atoms with Crippen LogP contribution in [0.1, 0.15) is 0 Å². The van der Waals surface area contributed by atoms with Crippen molar-refractivity contribution < 1.29 is 56.6 Å². The first-order valence-electron chi connectivity index (χ1n) is 14.1. The van der Waals surface area contributed by atoms with E-state index >= 15 is 0 Å². The van der Waals surface area contributed by atoms with Gasteiger partial charge in [-0.3, -0.25) is 13.7 Å². The van der Waals surface area contributed by atoms with Gasteiger partial charge in [0, 0.05) is 16.8 Å². The van der Waals surface area contributed by atoms with E-state index < -0.39 is 74.1 Å². The molecule has 0 aliphatic rings. The Kier molecular flexibility index (Phi) is 10.9. The van der Waals surface area contributed by atoms with Crippen molar-refractivity contribution in [2.75, 3.05) is 28.7 Å². The largest absolute Gasteiger partial charge is 0.507 e. The number of halogens is 1. The maximum Gasteiger partial charge on any atom is 0.397 e. The average Bonchev–Trinajstić information content (AvgIpc) is 3.03. The Morgan fingerprint density at radius 1 is 0.736 bits per heavy atom. The Morgan fingerprint density at radius 2 is 1.32 bits per heavy atom. The highest BCUT2D eigenvalue weighted by Crippen LogP contribution is 2.41. The number of nitrogen functional groups attached to an aromatic ring is 1. The minimum absolute atomic E-state index is 0.0267. The Hall–Kier alpha value is -5.12. The maximum absolute atomic E-state index is 12.4. The van der Waals surface area contributed by atoms with E-state index in [0.29, 0.717) is 0 Å². The molecule has 0 atom stereocenters. The molecule has 0 saturated carbocycles. The molecule has 26 heteroatoms. The molecule has 5 rings (SSSR count). The summed E-state index contributed by atoms with van der Waals surface area (Å²) >= 11 is 6.04. The van der Waals surface area contributed by atoms with Crippen LogP contribution in [0.3, 0.4) is 0 Å². The van der Waals surface area contributed by atoms with E-state index in [-0.39, 0.29) is 55.6 Å². The van der Waals surface area contributed by atoms with Gasteiger partial charge in [0.25, 0.3) is 20.2 Å². The van der Waals surface area contributed by atoms with Gasteiger partial charge >= 0.3 is 10.4 Å². The van der Waals surface area contributed by atoms with Crippen LogP contribution in [-0.2, 0) is 44.7 Å². The summed E-state index contributed by atoms with van der Waals surface area (Å²) in [5.41, 5.74) is 5.25. The van der Waals surface area contributed by atoms with Crippen LogP contribution in [0, 0.1) is 0 Å². The lowest BCUT2D eigenvalue weighted by Gasteiger charge is -2.11. The molecule has 53 heavy (non-hydrogen) atoms. The summed E-state index contributed by atoms with van der Waals surface area (Å²) in [4.78, 5) is 10.3. The van der Waals surface area contributed by atoms with E-state index in [2.05, 4.69) is 40.0 Å². The second-order valence-electron chi connectivity index (χ2n) is 10.4. The molecular weight excluding hydrogens is 808 g/mol. The van der Waals surface area contributed by atoms with Crippen molar-refractivity contribution in [2.45, 2.75) is 14.7 Å². The number of hydrogen-bond acceptors (Lipinski definition) is 18. The van der Waals surface area contributed by atoms with Crippen LogP contribution in [0.4, 0.5) is 40.3 Å². The predicted octanol–water partition coefficient (Wildman–Crippen LogP) is 3.96. The van der Waals surface area contributed by atoms with Gasteiger partial charge < -0.3 is 21.5 Å². The van der Waals surface area contributed by atoms with Gasteiger partial charge in [-0.1, -0.05) is 12.1 Å². The van der Waals surface area contributed by atoms with E-state index in [0.717, 1.165) is 18.2 Å². The summed E-state index contributed by atoms with van der Waals surface area (Å²) in [6.07, 6.45) is 0. The van der Waals surface area contributed by atoms with Gasteiger partial charge in [0.05, 0.1) is 28.3 Å². The molecule has 280 valence electrons. The highest BCUT2D eigenvalue weighted by Gasteiger charge is 2.22. The first kappa shape index (κ1) is 39.1. The zero-order valence-electron chi connectivity index (χ0n) is 26.1. The molecule has 1 heterocycles. The molecule has 8 N–H and O–H groups in total. The SMILES string of the molecule is Nc1c(N=Nc2ccc(Nc3nc(Cl)nc(Nc4ccc(S(=O)(=O)CCOS(=O)(=O)O)cc4)n3)cc2S(=O)(=O)O)cc(S(=O)(=O)O)c2cccc(O)c12. The highest BCUT2D eigenvalue weighted by molar-refractivity contribution is 7.91. The number of rotatable bonds is 13. The fraction of sp³-hybridized carbons (Fsp3) is 0.0741. The smallest absolute Gasteiger partial charge is 0.397 e. The van der Waals surface area contributed by atoms with Gasteiger partial charge in [-0.05, 0) is 66.2 Å². The molecule has 0 unspecified atom stereocenters. The van der Waals surface area contributed by atoms with E-state index in [1.165, 1.54) is 48.5 Å². The Morgan fingerprint density at radius 3 is 1.92 bits per heavy atom. The first-order chi connectivity index (χ1) is 24.6. The molecule has 5 aromatic rings. The summed E-state index contributed by atoms with van der Waals surface area (Å²) in [6.45, 7) is -0.814. The molecular formula is C27H23ClN8O13S4. The van der Waals surface area contributed by atoms with Gasteiger partial charge in [-0.25, -0.2) is 12.6 Å². The number of sulfone groups is 1. The number of aromatic hydroxyl groups is 1. The van der Waals surface area contributed by atoms with Crippen molar-refractivity contribution in [1.82, 2.24) is 15.0 Å². The van der Waals surface area contributed by atoms with E-state index in [1.54, 1.807) is 0 Å². The number of nitrogens with two attached hydrogens (primary N) is 1. The zero-order chi connectivity index (χ0) is 38.9. The lowest BCUT2D eigenvalue weighted by Crippen LogP contribution is -2.15. The van der Waals surface area contributed by atoms with Crippen molar-refractivity contribution in [3.63, 3.8) is 0 Å². The molecule has 4 aromatic carbocycles. The molecule has 21 nitrogen and oxygen atoms in total. The molecule has 0 bridgehead atoms. The predicted molar refractivity (Wildman–Crippen MR) is 188 cm³/mol. The maximum atomic E-state index is 12.4. The highest BCUT2D eigenvalue weighted by atomic mass is 35.5. The third-order valence-corrected chi connectivity index (χ3v) is 10.9. The number of benzene rings is 4. The number of nitrogens with zero attached hydrogens (tertiary/aromatic N) is 5. The zero-order valence-corrected chi connectivity index (χ0v) is 30.1. The number of nitrogens with one attached hydrogen (secondary N) is 2. The van der Waals surface area contributed by atoms with Crippen LogP contribution in [0.25, 0.3) is 10.8 Å². The van der Waals surface area contributed by atoms with Crippen molar-refractivity contribution in [3.8, 4) is 5.75 Å². The molecule has 1 aromatic heterocycles. The lowest BCUT2D eigenvalue weighted by molar-refractivity contribution is 0.284. The normalized spacial score (nSPS) is 12.7. The standard InChI is InChI=1S/C27H23ClN8O13S4/c28-25-32-26(30-14-4-7-16(8-5-14)50(38,39)11-10-49-53(46,47)48)34-27(33-25)31-15-6-9-18(22(12-15)52(43,44)45)35-36-19-13-21(51(40,41)42)17-2-1-3-20(37)23(17)24(19)29/h1-9,12-13,37H,10-11,29H2,(H,40,41,42)(H,43,44,45)(H,46,47,48)(H2,30,31,32,33,34). The molecule has 0 fully saturated rings. The Labute approximate surface area is 304 Å². The monoisotopic (exact) mass is 830 g/mol. The van der Waals surface area contributed by atoms with Gasteiger partial charge in [-0.15, -0.1) is 10.2 Å². The molecule has 0 saturated heterocycles. The van der Waals surface area contributed by atoms with Crippen molar-refractivity contribution in [1.29, 1.82) is 0 Å². The topological polar surface area (TPSA) is 340 Å². The van der Waals surface area contributed by atoms with Crippen molar-refractivity contribution in [2.24, 2.45) is 10.2 Å². The average molecular weight is 831 g/mol. The molecule has 0 spiro atoms. The first-order valence-corrected chi connectivity index (χ1v) is 20.3. The molecule has 0 aliphatic heterocycles. The fourth-order valence-corrected chi connectivity index (χ4v) is 7.56. The second-order valence-corrected chi connectivity index (χ2v) is 16.8. The molecule has 0 amide bonds. The number of azo groups is 1. The van der Waals surface area contributed by atoms with Crippen LogP contribution in [0.2, 0.25) is 5.28 Å². The third kappa shape index (κ3) is 9.66. The number of anilines is 5. The lowest BCUT2D eigenvalue weighted by atomic mass is 10.1. The van der Waals surface area contributed by atoms with Crippen molar-refractivity contribution >= 4 is 103 Å². The number of fused-ring (bicyclic) bond motifs is 1. The van der Waals surface area contributed by atoms with Crippen molar-refractivity contribution in [3.05, 3.63) is 72.0 Å². The fourth-order valence-electron chi connectivity index (χ4n) is 4.55. The minimum Gasteiger partial charge on any atom is -0.507 e. The number of aromatic nitrogens is 3. The second kappa shape index (κ2) is 14.7. The summed E-state index contributed by atoms with van der Waals surface area (Å²) in [6, 6.07) is 13.0. The van der Waals surface area contributed by atoms with Crippen LogP contribution >= 0.6 is 11.6 Å². The van der Waals surface area contributed by atoms with Crippen LogP contribution in [0.15, 0.2) is 91.6 Å². The van der Waals surface area contributed by atoms with E-state index in [9.17, 15) is 47.9 Å². The summed E-state index contributed by atoms with van der Waals surface area (Å²) < 4.78 is 127. The quantitative estimate of drug-likeness (QED) is 0.0501. The number of phenols is 1. The van der Waals surface area contributed by atoms with E-state index in [1.807, 2.05) is 0 Å². The van der Waals surface area contributed by atoms with Gasteiger partial charge in [-0.2, -0.15) is 40.2 Å². The molecule has 0 radical (unpaired) electrons. The summed E-state index contributed by atoms with van der Waals surface area (Å²) in [5, 5.41) is 22.7. The van der Waals surface area contributed by atoms with E-state index in [4.69, 9.17) is 21.9 Å². The Balaban J connectivity index is 1.39. The number of phenolic OH excluding ortho intramolecular Hbond substituents is 1. The minimum atomic E-state index is -5.00. The van der Waals surface area contributed by atoms with Crippen LogP contribution in [-0.4, -0.2) is 79.7 Å². The number of hydrogen-bond donors (Lipinski definition) is 7. The molecule has 0 aliphatic carbocycles. The van der Waals surface area contributed by atoms with Crippen LogP contribution < -0.4 is 16.4 Å². The summed E-state index contributed by atoms with van der Waals surface area (Å²) in [5.74, 6) is -1.58. The van der Waals surface area contributed by atoms with Gasteiger partial charge in [0.2, 0.25) is 17.2 Å². The van der Waals surface area contributed by atoms with Gasteiger partial charge in [0.1, 0.15) is 26.9 Å². The summed E-state index contributed by atoms with van der Waals surface area (Å²) in [7, 11) is -18.7.